The average molecular weight is 284 g/mol. The van der Waals surface area contributed by atoms with E-state index < -0.39 is 0 Å². The van der Waals surface area contributed by atoms with E-state index in [-0.39, 0.29) is 5.54 Å². The number of nitrogens with two attached hydrogens (primary N) is 1. The molecular weight excluding hydrogens is 266 g/mol. The summed E-state index contributed by atoms with van der Waals surface area (Å²) >= 11 is 3.51. The Kier molecular flexibility index (Phi) is 4.00. The summed E-state index contributed by atoms with van der Waals surface area (Å²) in [4.78, 5) is 0. The van der Waals surface area contributed by atoms with Crippen molar-refractivity contribution in [3.05, 3.63) is 34.3 Å². The molecule has 0 unspecified atom stereocenters. The first kappa shape index (κ1) is 12.1. The maximum absolute atomic E-state index is 6.22. The quantitative estimate of drug-likeness (QED) is 0.921. The molecule has 2 rings (SSSR count). The highest BCUT2D eigenvalue weighted by Gasteiger charge is 2.29. The summed E-state index contributed by atoms with van der Waals surface area (Å²) in [5.41, 5.74) is 7.34. The van der Waals surface area contributed by atoms with Crippen LogP contribution >= 0.6 is 15.9 Å². The van der Waals surface area contributed by atoms with E-state index in [2.05, 4.69) is 22.0 Å². The summed E-state index contributed by atoms with van der Waals surface area (Å²) in [5.74, 6) is 0. The number of halogens is 1. The van der Waals surface area contributed by atoms with Gasteiger partial charge in [0.15, 0.2) is 0 Å². The van der Waals surface area contributed by atoms with Gasteiger partial charge in [-0.3, -0.25) is 0 Å². The molecule has 2 N–H and O–H groups in total. The monoisotopic (exact) mass is 283 g/mol. The van der Waals surface area contributed by atoms with E-state index in [1.54, 1.807) is 0 Å². The molecule has 0 bridgehead atoms. The van der Waals surface area contributed by atoms with Crippen molar-refractivity contribution in [3.63, 3.8) is 0 Å². The van der Waals surface area contributed by atoms with Crippen molar-refractivity contribution in [3.8, 4) is 0 Å². The standard InChI is InChI=1S/C13H18BrNO/c14-12-6-2-1-5-11(12)9-16-10-13(15)7-3-4-8-13/h1-2,5-6H,3-4,7-10,15H2. The lowest BCUT2D eigenvalue weighted by Crippen LogP contribution is -2.41. The minimum Gasteiger partial charge on any atom is -0.375 e. The molecule has 1 aromatic carbocycles. The van der Waals surface area contributed by atoms with Gasteiger partial charge in [-0.15, -0.1) is 0 Å². The molecule has 0 aliphatic heterocycles. The van der Waals surface area contributed by atoms with Crippen LogP contribution in [-0.2, 0) is 11.3 Å². The van der Waals surface area contributed by atoms with Crippen molar-refractivity contribution in [2.45, 2.75) is 37.8 Å². The molecule has 88 valence electrons. The van der Waals surface area contributed by atoms with Gasteiger partial charge in [-0.25, -0.2) is 0 Å². The van der Waals surface area contributed by atoms with Gasteiger partial charge in [0.05, 0.1) is 13.2 Å². The van der Waals surface area contributed by atoms with E-state index in [1.165, 1.54) is 18.4 Å². The molecule has 0 radical (unpaired) electrons. The number of benzene rings is 1. The van der Waals surface area contributed by atoms with Crippen molar-refractivity contribution in [2.24, 2.45) is 5.73 Å². The number of hydrogen-bond acceptors (Lipinski definition) is 2. The van der Waals surface area contributed by atoms with Crippen molar-refractivity contribution in [1.29, 1.82) is 0 Å². The van der Waals surface area contributed by atoms with E-state index in [1.807, 2.05) is 18.2 Å². The third-order valence-corrected chi connectivity index (χ3v) is 3.98. The molecule has 0 spiro atoms. The van der Waals surface area contributed by atoms with E-state index in [9.17, 15) is 0 Å². The number of ether oxygens (including phenoxy) is 1. The lowest BCUT2D eigenvalue weighted by atomic mass is 10.0. The van der Waals surface area contributed by atoms with Crippen molar-refractivity contribution >= 4 is 15.9 Å². The summed E-state index contributed by atoms with van der Waals surface area (Å²) in [6, 6.07) is 8.14. The molecule has 1 aliphatic carbocycles. The lowest BCUT2D eigenvalue weighted by Gasteiger charge is -2.23. The first-order valence-corrected chi connectivity index (χ1v) is 6.59. The van der Waals surface area contributed by atoms with Crippen molar-refractivity contribution in [1.82, 2.24) is 0 Å². The van der Waals surface area contributed by atoms with Gasteiger partial charge in [-0.1, -0.05) is 47.0 Å². The minimum atomic E-state index is -0.0682. The number of rotatable bonds is 4. The summed E-state index contributed by atoms with van der Waals surface area (Å²) in [7, 11) is 0. The third kappa shape index (κ3) is 3.06. The Hall–Kier alpha value is -0.380. The van der Waals surface area contributed by atoms with E-state index in [0.717, 1.165) is 17.3 Å². The van der Waals surface area contributed by atoms with Crippen LogP contribution in [0.5, 0.6) is 0 Å². The zero-order valence-corrected chi connectivity index (χ0v) is 11.0. The largest absolute Gasteiger partial charge is 0.375 e. The minimum absolute atomic E-state index is 0.0682. The Bertz CT molecular complexity index is 348. The zero-order chi connectivity index (χ0) is 11.4. The Morgan fingerprint density at radius 2 is 1.94 bits per heavy atom. The van der Waals surface area contributed by atoms with Gasteiger partial charge >= 0.3 is 0 Å². The summed E-state index contributed by atoms with van der Waals surface area (Å²) < 4.78 is 6.84. The Morgan fingerprint density at radius 1 is 1.25 bits per heavy atom. The van der Waals surface area contributed by atoms with Crippen LogP contribution in [0.4, 0.5) is 0 Å². The van der Waals surface area contributed by atoms with E-state index >= 15 is 0 Å². The summed E-state index contributed by atoms with van der Waals surface area (Å²) in [5, 5.41) is 0. The third-order valence-electron chi connectivity index (χ3n) is 3.20. The van der Waals surface area contributed by atoms with Crippen LogP contribution in [0.1, 0.15) is 31.2 Å². The van der Waals surface area contributed by atoms with Crippen LogP contribution < -0.4 is 5.73 Å². The molecule has 0 aromatic heterocycles. The molecule has 0 saturated heterocycles. The lowest BCUT2D eigenvalue weighted by molar-refractivity contribution is 0.0748. The molecule has 3 heteroatoms. The van der Waals surface area contributed by atoms with Gasteiger partial charge < -0.3 is 10.5 Å². The van der Waals surface area contributed by atoms with Crippen LogP contribution in [0.3, 0.4) is 0 Å². The van der Waals surface area contributed by atoms with Crippen LogP contribution in [0.15, 0.2) is 28.7 Å². The maximum atomic E-state index is 6.22. The zero-order valence-electron chi connectivity index (χ0n) is 9.42. The number of hydrogen-bond donors (Lipinski definition) is 1. The molecule has 0 atom stereocenters. The maximum Gasteiger partial charge on any atom is 0.0728 e. The Morgan fingerprint density at radius 3 is 2.62 bits per heavy atom. The van der Waals surface area contributed by atoms with Gasteiger partial charge in [0.2, 0.25) is 0 Å². The Balaban J connectivity index is 1.82. The molecule has 1 fully saturated rings. The first-order chi connectivity index (χ1) is 7.70. The molecule has 2 nitrogen and oxygen atoms in total. The molecule has 1 aliphatic rings. The molecule has 1 aromatic rings. The van der Waals surface area contributed by atoms with Gasteiger partial charge in [0.1, 0.15) is 0 Å². The normalized spacial score (nSPS) is 18.9. The highest BCUT2D eigenvalue weighted by molar-refractivity contribution is 9.10. The van der Waals surface area contributed by atoms with Gasteiger partial charge in [0, 0.05) is 10.0 Å². The average Bonchev–Trinajstić information content (AvgIpc) is 2.68. The van der Waals surface area contributed by atoms with Gasteiger partial charge in [-0.05, 0) is 24.5 Å². The summed E-state index contributed by atoms with van der Waals surface area (Å²) in [6.45, 7) is 1.31. The molecule has 1 saturated carbocycles. The predicted octanol–water partition coefficient (Wildman–Crippen LogP) is 3.24. The van der Waals surface area contributed by atoms with Crippen LogP contribution in [0.25, 0.3) is 0 Å². The summed E-state index contributed by atoms with van der Waals surface area (Å²) in [6.07, 6.45) is 4.69. The second-order valence-electron chi connectivity index (χ2n) is 4.65. The topological polar surface area (TPSA) is 35.2 Å². The van der Waals surface area contributed by atoms with Crippen molar-refractivity contribution in [2.75, 3.05) is 6.61 Å². The second kappa shape index (κ2) is 5.30. The molecule has 16 heavy (non-hydrogen) atoms. The fourth-order valence-corrected chi connectivity index (χ4v) is 2.60. The molecule has 0 amide bonds. The second-order valence-corrected chi connectivity index (χ2v) is 5.51. The molecular formula is C13H18BrNO. The highest BCUT2D eigenvalue weighted by Crippen LogP contribution is 2.27. The predicted molar refractivity (Wildman–Crippen MR) is 69.2 cm³/mol. The van der Waals surface area contributed by atoms with Crippen LogP contribution in [0.2, 0.25) is 0 Å². The highest BCUT2D eigenvalue weighted by atomic mass is 79.9. The fourth-order valence-electron chi connectivity index (χ4n) is 2.20. The SMILES string of the molecule is NC1(COCc2ccccc2Br)CCCC1. The van der Waals surface area contributed by atoms with Crippen LogP contribution in [0, 0.1) is 0 Å². The Labute approximate surface area is 105 Å². The van der Waals surface area contributed by atoms with E-state index in [4.69, 9.17) is 10.5 Å². The fraction of sp³-hybridized carbons (Fsp3) is 0.538. The van der Waals surface area contributed by atoms with Crippen molar-refractivity contribution < 1.29 is 4.74 Å². The van der Waals surface area contributed by atoms with Gasteiger partial charge in [-0.2, -0.15) is 0 Å². The van der Waals surface area contributed by atoms with Gasteiger partial charge in [0.25, 0.3) is 0 Å². The smallest absolute Gasteiger partial charge is 0.0728 e. The van der Waals surface area contributed by atoms with Crippen LogP contribution in [-0.4, -0.2) is 12.1 Å². The van der Waals surface area contributed by atoms with E-state index in [0.29, 0.717) is 13.2 Å². The molecule has 0 heterocycles. The first-order valence-electron chi connectivity index (χ1n) is 5.80.